The van der Waals surface area contributed by atoms with Crippen LogP contribution in [0.15, 0.2) is 57.9 Å². The second kappa shape index (κ2) is 11.4. The van der Waals surface area contributed by atoms with Gasteiger partial charge in [-0.2, -0.15) is 5.11 Å². The van der Waals surface area contributed by atoms with Crippen LogP contribution in [0, 0.1) is 6.92 Å². The second-order valence-corrected chi connectivity index (χ2v) is 9.99. The number of amides is 4. The van der Waals surface area contributed by atoms with Gasteiger partial charge in [0.15, 0.2) is 5.78 Å². The predicted octanol–water partition coefficient (Wildman–Crippen LogP) is 2.05. The quantitative estimate of drug-likeness (QED) is 0.402. The van der Waals surface area contributed by atoms with Gasteiger partial charge in [-0.15, -0.1) is 5.10 Å². The van der Waals surface area contributed by atoms with E-state index in [0.717, 1.165) is 21.6 Å². The van der Waals surface area contributed by atoms with E-state index >= 15 is 0 Å². The van der Waals surface area contributed by atoms with Gasteiger partial charge in [0.25, 0.3) is 0 Å². The third-order valence-corrected chi connectivity index (χ3v) is 7.43. The molecule has 4 amide bonds. The largest absolute Gasteiger partial charge is 0.536 e. The van der Waals surface area contributed by atoms with E-state index in [1.54, 1.807) is 31.2 Å². The standard InChI is InChI=1S/C27H29BN6O6/c1-3-33-11-12-34(26(37)25(33)36)27(38)30-23(18-9-7-17(8-10-18)21-15-29-32-31-21)22(35)14-20-13-19-6-4-5-16(2)24(19)40-28(20)39/h4-10,20,23,39H,3,11-15H2,1-2H3,(H,30,38)/t20-,23?/m1/s1. The lowest BCUT2D eigenvalue weighted by molar-refractivity contribution is -0.153. The molecule has 1 fully saturated rings. The number of nitrogens with zero attached hydrogens (tertiary/aromatic N) is 5. The molecule has 1 unspecified atom stereocenters. The van der Waals surface area contributed by atoms with Gasteiger partial charge in [0.1, 0.15) is 18.3 Å². The van der Waals surface area contributed by atoms with E-state index in [9.17, 15) is 24.2 Å². The van der Waals surface area contributed by atoms with E-state index in [4.69, 9.17) is 4.65 Å². The molecule has 12 nitrogen and oxygen atoms in total. The van der Waals surface area contributed by atoms with Crippen LogP contribution in [0.25, 0.3) is 0 Å². The third kappa shape index (κ3) is 5.37. The van der Waals surface area contributed by atoms with Gasteiger partial charge in [0, 0.05) is 31.9 Å². The maximum Gasteiger partial charge on any atom is 0.526 e. The molecule has 3 heterocycles. The van der Waals surface area contributed by atoms with Crippen LogP contribution < -0.4 is 9.97 Å². The van der Waals surface area contributed by atoms with E-state index in [1.807, 2.05) is 25.1 Å². The van der Waals surface area contributed by atoms with Gasteiger partial charge in [-0.05, 0) is 47.7 Å². The summed E-state index contributed by atoms with van der Waals surface area (Å²) in [5.74, 6) is -2.02. The fraction of sp³-hybridized carbons (Fsp3) is 0.370. The van der Waals surface area contributed by atoms with Gasteiger partial charge in [0.05, 0.1) is 5.71 Å². The number of urea groups is 1. The average Bonchev–Trinajstić information content (AvgIpc) is 3.49. The van der Waals surface area contributed by atoms with Gasteiger partial charge < -0.3 is 19.9 Å². The second-order valence-electron chi connectivity index (χ2n) is 9.99. The van der Waals surface area contributed by atoms with E-state index in [2.05, 4.69) is 20.8 Å². The first kappa shape index (κ1) is 27.2. The van der Waals surface area contributed by atoms with Crippen molar-refractivity contribution in [1.82, 2.24) is 15.1 Å². The Bertz CT molecular complexity index is 1410. The molecular weight excluding hydrogens is 515 g/mol. The summed E-state index contributed by atoms with van der Waals surface area (Å²) in [6.07, 6.45) is 0.324. The number of Topliss-reactive ketones (excluding diaryl/α,β-unsaturated/α-hetero) is 1. The molecule has 0 radical (unpaired) electrons. The van der Waals surface area contributed by atoms with Crippen LogP contribution in [0.3, 0.4) is 0 Å². The maximum absolute atomic E-state index is 13.7. The number of ketones is 1. The average molecular weight is 544 g/mol. The Morgan fingerprint density at radius 2 is 1.93 bits per heavy atom. The van der Waals surface area contributed by atoms with Crippen molar-refractivity contribution in [3.05, 3.63) is 64.7 Å². The predicted molar refractivity (Wildman–Crippen MR) is 145 cm³/mol. The number of fused-ring (bicyclic) bond motifs is 1. The number of hydrogen-bond acceptors (Lipinski definition) is 9. The highest BCUT2D eigenvalue weighted by Gasteiger charge is 2.40. The van der Waals surface area contributed by atoms with Crippen molar-refractivity contribution in [1.29, 1.82) is 0 Å². The Balaban J connectivity index is 1.37. The zero-order chi connectivity index (χ0) is 28.4. The summed E-state index contributed by atoms with van der Waals surface area (Å²) in [7, 11) is -1.20. The topological polar surface area (TPSA) is 153 Å². The summed E-state index contributed by atoms with van der Waals surface area (Å²) in [5, 5.41) is 24.8. The Morgan fingerprint density at radius 3 is 2.62 bits per heavy atom. The fourth-order valence-corrected chi connectivity index (χ4v) is 5.15. The van der Waals surface area contributed by atoms with Crippen LogP contribution in [0.5, 0.6) is 5.75 Å². The molecule has 2 atom stereocenters. The molecule has 3 aliphatic heterocycles. The molecule has 0 bridgehead atoms. The number of piperazine rings is 1. The highest BCUT2D eigenvalue weighted by Crippen LogP contribution is 2.36. The monoisotopic (exact) mass is 544 g/mol. The van der Waals surface area contributed by atoms with Crippen molar-refractivity contribution in [3.8, 4) is 5.75 Å². The minimum atomic E-state index is -1.20. The van der Waals surface area contributed by atoms with Gasteiger partial charge in [0.2, 0.25) is 0 Å². The van der Waals surface area contributed by atoms with Crippen LogP contribution >= 0.6 is 0 Å². The molecule has 5 rings (SSSR count). The van der Waals surface area contributed by atoms with Crippen LogP contribution in [-0.2, 0) is 20.8 Å². The van der Waals surface area contributed by atoms with Crippen molar-refractivity contribution in [2.45, 2.75) is 38.5 Å². The Labute approximate surface area is 231 Å². The van der Waals surface area contributed by atoms with Crippen molar-refractivity contribution in [3.63, 3.8) is 0 Å². The number of benzene rings is 2. The molecule has 3 aliphatic rings. The Morgan fingerprint density at radius 1 is 1.15 bits per heavy atom. The normalized spacial score (nSPS) is 19.2. The first-order chi connectivity index (χ1) is 19.3. The van der Waals surface area contributed by atoms with Gasteiger partial charge >= 0.3 is 25.0 Å². The highest BCUT2D eigenvalue weighted by molar-refractivity contribution is 6.46. The highest BCUT2D eigenvalue weighted by atomic mass is 16.5. The number of para-hydroxylation sites is 1. The first-order valence-electron chi connectivity index (χ1n) is 13.2. The third-order valence-electron chi connectivity index (χ3n) is 7.43. The molecule has 2 aromatic carbocycles. The van der Waals surface area contributed by atoms with Crippen molar-refractivity contribution >= 4 is 36.5 Å². The number of nitrogens with one attached hydrogen (secondary N) is 1. The number of rotatable bonds is 7. The van der Waals surface area contributed by atoms with Gasteiger partial charge in [-0.25, -0.2) is 4.79 Å². The molecule has 0 spiro atoms. The molecule has 2 aromatic rings. The first-order valence-corrected chi connectivity index (χ1v) is 13.2. The number of likely N-dealkylation sites (N-methyl/N-ethyl adjacent to an activating group) is 1. The van der Waals surface area contributed by atoms with E-state index in [1.165, 1.54) is 4.90 Å². The number of imide groups is 1. The lowest BCUT2D eigenvalue weighted by Gasteiger charge is -2.33. The molecule has 2 N–H and O–H groups in total. The number of carbonyl (C=O) groups excluding carboxylic acids is 4. The van der Waals surface area contributed by atoms with Gasteiger partial charge in [-0.1, -0.05) is 42.5 Å². The summed E-state index contributed by atoms with van der Waals surface area (Å²) in [4.78, 5) is 54.1. The molecule has 0 aliphatic carbocycles. The zero-order valence-electron chi connectivity index (χ0n) is 22.2. The molecule has 1 saturated heterocycles. The lowest BCUT2D eigenvalue weighted by atomic mass is 9.64. The molecule has 0 saturated carbocycles. The van der Waals surface area contributed by atoms with Crippen molar-refractivity contribution < 1.29 is 28.9 Å². The van der Waals surface area contributed by atoms with Crippen molar-refractivity contribution in [2.75, 3.05) is 26.2 Å². The van der Waals surface area contributed by atoms with Gasteiger partial charge in [-0.3, -0.25) is 19.3 Å². The molecule has 40 heavy (non-hydrogen) atoms. The van der Waals surface area contributed by atoms with Crippen LogP contribution in [0.2, 0.25) is 5.82 Å². The minimum absolute atomic E-state index is 0.0161. The van der Waals surface area contributed by atoms with Crippen LogP contribution in [-0.4, -0.2) is 77.5 Å². The molecule has 13 heteroatoms. The number of hydrogen-bond donors (Lipinski definition) is 2. The van der Waals surface area contributed by atoms with Crippen molar-refractivity contribution in [2.24, 2.45) is 15.4 Å². The fourth-order valence-electron chi connectivity index (χ4n) is 5.15. The summed E-state index contributed by atoms with van der Waals surface area (Å²) < 4.78 is 5.75. The maximum atomic E-state index is 13.7. The van der Waals surface area contributed by atoms with E-state index in [0.29, 0.717) is 36.5 Å². The zero-order valence-corrected chi connectivity index (χ0v) is 22.2. The Hall–Kier alpha value is -4.39. The molecular formula is C27H29BN6O6. The minimum Gasteiger partial charge on any atom is -0.536 e. The van der Waals surface area contributed by atoms with Crippen LogP contribution in [0.1, 0.15) is 41.6 Å². The van der Waals surface area contributed by atoms with Crippen LogP contribution in [0.4, 0.5) is 4.79 Å². The van der Waals surface area contributed by atoms with E-state index in [-0.39, 0.29) is 25.3 Å². The molecule has 0 aromatic heterocycles. The number of aryl methyl sites for hydroxylation is 1. The summed E-state index contributed by atoms with van der Waals surface area (Å²) in [6, 6.07) is 10.6. The summed E-state index contributed by atoms with van der Waals surface area (Å²) in [6.45, 7) is 4.57. The SMILES string of the molecule is CCN1CCN(C(=O)NC(C(=O)C[C@H]2Cc3cccc(C)c3OB2O)c2ccc(C3=NN=NC3)cc2)C(=O)C1=O. The van der Waals surface area contributed by atoms with E-state index < -0.39 is 36.8 Å². The number of carbonyl (C=O) groups is 4. The lowest BCUT2D eigenvalue weighted by Crippen LogP contribution is -2.58. The summed E-state index contributed by atoms with van der Waals surface area (Å²) >= 11 is 0. The molecule has 206 valence electrons. The Kier molecular flexibility index (Phi) is 7.74. The summed E-state index contributed by atoms with van der Waals surface area (Å²) in [5.41, 5.74) is 3.70. The smallest absolute Gasteiger partial charge is 0.526 e.